The van der Waals surface area contributed by atoms with Gasteiger partial charge in [0, 0.05) is 11.1 Å². The summed E-state index contributed by atoms with van der Waals surface area (Å²) in [6.45, 7) is 8.14. The maximum absolute atomic E-state index is 11.8. The Morgan fingerprint density at radius 1 is 1.30 bits per heavy atom. The highest BCUT2D eigenvalue weighted by molar-refractivity contribution is 5.75. The van der Waals surface area contributed by atoms with E-state index >= 15 is 0 Å². The molecular formula is C16H23N3O. The summed E-state index contributed by atoms with van der Waals surface area (Å²) in [5.41, 5.74) is 7.04. The Morgan fingerprint density at radius 2 is 1.90 bits per heavy atom. The van der Waals surface area contributed by atoms with Gasteiger partial charge in [-0.15, -0.1) is 0 Å². The molecule has 1 rings (SSSR count). The molecule has 20 heavy (non-hydrogen) atoms. The summed E-state index contributed by atoms with van der Waals surface area (Å²) in [6.07, 6.45) is 0. The lowest BCUT2D eigenvalue weighted by atomic mass is 10.1. The number of rotatable bonds is 2. The van der Waals surface area contributed by atoms with Crippen LogP contribution in [0.2, 0.25) is 0 Å². The highest BCUT2D eigenvalue weighted by atomic mass is 16.2. The molecule has 4 N–H and O–H groups in total. The van der Waals surface area contributed by atoms with Gasteiger partial charge in [0.25, 0.3) is 0 Å². The van der Waals surface area contributed by atoms with Crippen molar-refractivity contribution in [1.82, 2.24) is 10.6 Å². The zero-order valence-corrected chi connectivity index (χ0v) is 12.6. The summed E-state index contributed by atoms with van der Waals surface area (Å²) in [6, 6.07) is 7.55. The van der Waals surface area contributed by atoms with Crippen LogP contribution in [0.4, 0.5) is 4.79 Å². The highest BCUT2D eigenvalue weighted by Crippen LogP contribution is 2.13. The predicted octanol–water partition coefficient (Wildman–Crippen LogP) is 2.16. The molecule has 0 saturated heterocycles. The molecule has 4 nitrogen and oxygen atoms in total. The minimum Gasteiger partial charge on any atom is -0.334 e. The van der Waals surface area contributed by atoms with Crippen LogP contribution < -0.4 is 16.4 Å². The molecule has 4 heteroatoms. The number of nitrogens with two attached hydrogens (primary N) is 1. The van der Waals surface area contributed by atoms with Crippen LogP contribution >= 0.6 is 0 Å². The molecule has 0 aliphatic carbocycles. The van der Waals surface area contributed by atoms with E-state index < -0.39 is 0 Å². The van der Waals surface area contributed by atoms with E-state index in [1.165, 1.54) is 0 Å². The van der Waals surface area contributed by atoms with Crippen molar-refractivity contribution < 1.29 is 4.79 Å². The number of nitrogens with one attached hydrogen (secondary N) is 2. The van der Waals surface area contributed by atoms with E-state index in [4.69, 9.17) is 5.73 Å². The predicted molar refractivity (Wildman–Crippen MR) is 82.2 cm³/mol. The van der Waals surface area contributed by atoms with Gasteiger partial charge in [-0.25, -0.2) is 4.79 Å². The minimum absolute atomic E-state index is 0.0612. The topological polar surface area (TPSA) is 67.2 Å². The molecule has 0 aromatic heterocycles. The fourth-order valence-electron chi connectivity index (χ4n) is 1.66. The smallest absolute Gasteiger partial charge is 0.315 e. The Labute approximate surface area is 121 Å². The Kier molecular flexibility index (Phi) is 5.60. The third kappa shape index (κ3) is 5.77. The van der Waals surface area contributed by atoms with Crippen LogP contribution in [0.1, 0.15) is 44.9 Å². The van der Waals surface area contributed by atoms with Crippen LogP contribution in [0.15, 0.2) is 24.3 Å². The fourth-order valence-corrected chi connectivity index (χ4v) is 1.66. The summed E-state index contributed by atoms with van der Waals surface area (Å²) in [4.78, 5) is 11.8. The first kappa shape index (κ1) is 16.1. The molecule has 0 aliphatic heterocycles. The van der Waals surface area contributed by atoms with Crippen LogP contribution in [0, 0.1) is 11.8 Å². The largest absolute Gasteiger partial charge is 0.334 e. The summed E-state index contributed by atoms with van der Waals surface area (Å²) in [5, 5.41) is 5.78. The molecule has 1 aromatic carbocycles. The molecule has 0 bridgehead atoms. The second kappa shape index (κ2) is 6.97. The first-order valence-electron chi connectivity index (χ1n) is 6.69. The van der Waals surface area contributed by atoms with Gasteiger partial charge in [0.15, 0.2) is 0 Å². The van der Waals surface area contributed by atoms with Gasteiger partial charge in [-0.2, -0.15) is 0 Å². The zero-order valence-electron chi connectivity index (χ0n) is 12.6. The number of hydrogen-bond acceptors (Lipinski definition) is 2. The van der Waals surface area contributed by atoms with Gasteiger partial charge in [0.05, 0.1) is 12.6 Å². The fraction of sp³-hybridized carbons (Fsp3) is 0.438. The molecule has 0 saturated carbocycles. The van der Waals surface area contributed by atoms with Crippen molar-refractivity contribution in [2.24, 2.45) is 5.73 Å². The molecular weight excluding hydrogens is 250 g/mol. The van der Waals surface area contributed by atoms with Gasteiger partial charge in [0.2, 0.25) is 0 Å². The average Bonchev–Trinajstić information content (AvgIpc) is 2.34. The number of benzene rings is 1. The van der Waals surface area contributed by atoms with E-state index in [1.54, 1.807) is 0 Å². The van der Waals surface area contributed by atoms with Gasteiger partial charge < -0.3 is 16.4 Å². The summed E-state index contributed by atoms with van der Waals surface area (Å²) >= 11 is 0. The van der Waals surface area contributed by atoms with Gasteiger partial charge in [-0.1, -0.05) is 24.0 Å². The third-order valence-corrected chi connectivity index (χ3v) is 2.58. The van der Waals surface area contributed by atoms with Crippen molar-refractivity contribution in [2.45, 2.75) is 39.3 Å². The second-order valence-electron chi connectivity index (χ2n) is 5.70. The number of carbonyl (C=O) groups excluding carboxylic acids is 1. The highest BCUT2D eigenvalue weighted by Gasteiger charge is 2.15. The normalized spacial score (nSPS) is 12.1. The van der Waals surface area contributed by atoms with E-state index in [-0.39, 0.29) is 17.6 Å². The van der Waals surface area contributed by atoms with Crippen LogP contribution in [0.5, 0.6) is 0 Å². The van der Waals surface area contributed by atoms with E-state index in [0.29, 0.717) is 6.54 Å². The Hall–Kier alpha value is -1.99. The molecule has 0 heterocycles. The molecule has 0 spiro atoms. The SMILES string of the molecule is CC(NC(=O)NC(C)(C)C)c1ccc(C#CCN)cc1. The Balaban J connectivity index is 2.64. The minimum atomic E-state index is -0.245. The first-order chi connectivity index (χ1) is 9.31. The van der Waals surface area contributed by atoms with Crippen molar-refractivity contribution in [1.29, 1.82) is 0 Å². The van der Waals surface area contributed by atoms with Crippen molar-refractivity contribution >= 4 is 6.03 Å². The maximum atomic E-state index is 11.8. The lowest BCUT2D eigenvalue weighted by Crippen LogP contribution is -2.47. The molecule has 2 amide bonds. The summed E-state index contributed by atoms with van der Waals surface area (Å²) in [5.74, 6) is 5.78. The van der Waals surface area contributed by atoms with E-state index in [9.17, 15) is 4.79 Å². The summed E-state index contributed by atoms with van der Waals surface area (Å²) < 4.78 is 0. The Morgan fingerprint density at radius 3 is 2.40 bits per heavy atom. The van der Waals surface area contributed by atoms with Crippen LogP contribution in [-0.2, 0) is 0 Å². The molecule has 1 atom stereocenters. The number of amides is 2. The zero-order chi connectivity index (χ0) is 15.2. The van der Waals surface area contributed by atoms with Gasteiger partial charge >= 0.3 is 6.03 Å². The van der Waals surface area contributed by atoms with Crippen LogP contribution in [0.3, 0.4) is 0 Å². The lowest BCUT2D eigenvalue weighted by Gasteiger charge is -2.23. The molecule has 0 aliphatic rings. The number of carbonyl (C=O) groups is 1. The lowest BCUT2D eigenvalue weighted by molar-refractivity contribution is 0.229. The first-order valence-corrected chi connectivity index (χ1v) is 6.69. The number of urea groups is 1. The van der Waals surface area contributed by atoms with Crippen molar-refractivity contribution in [3.05, 3.63) is 35.4 Å². The molecule has 1 aromatic rings. The van der Waals surface area contributed by atoms with Crippen molar-refractivity contribution in [3.8, 4) is 11.8 Å². The summed E-state index contributed by atoms with van der Waals surface area (Å²) in [7, 11) is 0. The second-order valence-corrected chi connectivity index (χ2v) is 5.70. The molecule has 108 valence electrons. The van der Waals surface area contributed by atoms with Gasteiger partial charge in [-0.3, -0.25) is 0 Å². The number of hydrogen-bond donors (Lipinski definition) is 3. The monoisotopic (exact) mass is 273 g/mol. The van der Waals surface area contributed by atoms with E-state index in [0.717, 1.165) is 11.1 Å². The van der Waals surface area contributed by atoms with Crippen molar-refractivity contribution in [2.75, 3.05) is 6.54 Å². The standard InChI is InChI=1S/C16H23N3O/c1-12(18-15(20)19-16(2,3)4)14-9-7-13(8-10-14)6-5-11-17/h7-10,12H,11,17H2,1-4H3,(H2,18,19,20). The third-order valence-electron chi connectivity index (χ3n) is 2.58. The van der Waals surface area contributed by atoms with Crippen LogP contribution in [0.25, 0.3) is 0 Å². The molecule has 0 fully saturated rings. The van der Waals surface area contributed by atoms with Crippen LogP contribution in [-0.4, -0.2) is 18.1 Å². The van der Waals surface area contributed by atoms with Gasteiger partial charge in [0.1, 0.15) is 0 Å². The average molecular weight is 273 g/mol. The van der Waals surface area contributed by atoms with Crippen molar-refractivity contribution in [3.63, 3.8) is 0 Å². The maximum Gasteiger partial charge on any atom is 0.315 e. The van der Waals surface area contributed by atoms with E-state index in [2.05, 4.69) is 22.5 Å². The van der Waals surface area contributed by atoms with Gasteiger partial charge in [-0.05, 0) is 45.4 Å². The van der Waals surface area contributed by atoms with E-state index in [1.807, 2.05) is 52.0 Å². The molecule has 0 radical (unpaired) electrons. The quantitative estimate of drug-likeness (QED) is 0.723. The Bertz CT molecular complexity index is 503. The molecule has 1 unspecified atom stereocenters.